The van der Waals surface area contributed by atoms with Crippen LogP contribution in [0.4, 0.5) is 5.69 Å². The second-order valence-electron chi connectivity index (χ2n) is 5.97. The van der Waals surface area contributed by atoms with Crippen LogP contribution in [0.2, 0.25) is 5.02 Å². The molecule has 2 N–H and O–H groups in total. The van der Waals surface area contributed by atoms with Crippen LogP contribution in [-0.2, 0) is 9.53 Å². The van der Waals surface area contributed by atoms with E-state index in [1.54, 1.807) is 0 Å². The Morgan fingerprint density at radius 2 is 1.72 bits per heavy atom. The average molecular weight is 362 g/mol. The third kappa shape index (κ3) is 4.51. The number of esters is 1. The SMILES string of the molecule is Cc1cc(C)c(NC(=O)[C@H](C)OC(=O)c2cc(Cl)ccc2O)c(C)c1. The van der Waals surface area contributed by atoms with Crippen molar-refractivity contribution in [3.8, 4) is 5.75 Å². The Morgan fingerprint density at radius 1 is 1.12 bits per heavy atom. The molecule has 0 fully saturated rings. The molecular formula is C19H20ClNO4. The Hall–Kier alpha value is -2.53. The van der Waals surface area contributed by atoms with Crippen LogP contribution >= 0.6 is 11.6 Å². The highest BCUT2D eigenvalue weighted by atomic mass is 35.5. The number of carbonyl (C=O) groups is 2. The van der Waals surface area contributed by atoms with Gasteiger partial charge in [0.05, 0.1) is 0 Å². The fourth-order valence-electron chi connectivity index (χ4n) is 2.55. The van der Waals surface area contributed by atoms with E-state index in [1.165, 1.54) is 25.1 Å². The van der Waals surface area contributed by atoms with Crippen molar-refractivity contribution in [2.45, 2.75) is 33.8 Å². The minimum Gasteiger partial charge on any atom is -0.507 e. The van der Waals surface area contributed by atoms with Gasteiger partial charge < -0.3 is 15.2 Å². The quantitative estimate of drug-likeness (QED) is 0.802. The van der Waals surface area contributed by atoms with E-state index in [4.69, 9.17) is 16.3 Å². The van der Waals surface area contributed by atoms with Crippen molar-refractivity contribution in [3.05, 3.63) is 57.6 Å². The van der Waals surface area contributed by atoms with Gasteiger partial charge in [0.25, 0.3) is 5.91 Å². The van der Waals surface area contributed by atoms with E-state index in [1.807, 2.05) is 32.9 Å². The molecule has 132 valence electrons. The molecule has 1 atom stereocenters. The molecule has 0 bridgehead atoms. The summed E-state index contributed by atoms with van der Waals surface area (Å²) in [5, 5.41) is 12.8. The summed E-state index contributed by atoms with van der Waals surface area (Å²) in [6.07, 6.45) is -1.04. The number of aromatic hydroxyl groups is 1. The van der Waals surface area contributed by atoms with Crippen molar-refractivity contribution < 1.29 is 19.4 Å². The van der Waals surface area contributed by atoms with Crippen LogP contribution in [0.5, 0.6) is 5.75 Å². The number of hydrogen-bond acceptors (Lipinski definition) is 4. The molecule has 25 heavy (non-hydrogen) atoms. The Bertz CT molecular complexity index is 809. The number of phenols is 1. The van der Waals surface area contributed by atoms with Gasteiger partial charge in [-0.15, -0.1) is 0 Å². The van der Waals surface area contributed by atoms with Crippen LogP contribution in [0.15, 0.2) is 30.3 Å². The summed E-state index contributed by atoms with van der Waals surface area (Å²) in [5.74, 6) is -1.53. The van der Waals surface area contributed by atoms with Gasteiger partial charge in [-0.05, 0) is 57.0 Å². The highest BCUT2D eigenvalue weighted by Crippen LogP contribution is 2.24. The molecule has 0 saturated carbocycles. The zero-order valence-corrected chi connectivity index (χ0v) is 15.3. The largest absolute Gasteiger partial charge is 0.507 e. The molecule has 0 aliphatic heterocycles. The molecule has 0 radical (unpaired) electrons. The van der Waals surface area contributed by atoms with Crippen molar-refractivity contribution in [2.24, 2.45) is 0 Å². The third-order valence-electron chi connectivity index (χ3n) is 3.76. The van der Waals surface area contributed by atoms with Gasteiger partial charge in [-0.3, -0.25) is 4.79 Å². The van der Waals surface area contributed by atoms with Gasteiger partial charge >= 0.3 is 5.97 Å². The molecule has 0 aromatic heterocycles. The second kappa shape index (κ2) is 7.57. The summed E-state index contributed by atoms with van der Waals surface area (Å²) in [6, 6.07) is 7.96. The number of phenolic OH excluding ortho intramolecular Hbond substituents is 1. The van der Waals surface area contributed by atoms with Gasteiger partial charge in [-0.1, -0.05) is 29.3 Å². The first-order valence-electron chi connectivity index (χ1n) is 7.77. The van der Waals surface area contributed by atoms with Gasteiger partial charge in [0.15, 0.2) is 6.10 Å². The van der Waals surface area contributed by atoms with Crippen molar-refractivity contribution in [1.29, 1.82) is 0 Å². The van der Waals surface area contributed by atoms with Gasteiger partial charge in [0.2, 0.25) is 0 Å². The van der Waals surface area contributed by atoms with Gasteiger partial charge in [0.1, 0.15) is 11.3 Å². The smallest absolute Gasteiger partial charge is 0.342 e. The first-order valence-corrected chi connectivity index (χ1v) is 8.15. The Balaban J connectivity index is 2.10. The monoisotopic (exact) mass is 361 g/mol. The van der Waals surface area contributed by atoms with Crippen LogP contribution in [0.3, 0.4) is 0 Å². The van der Waals surface area contributed by atoms with Crippen molar-refractivity contribution in [1.82, 2.24) is 0 Å². The molecule has 2 aromatic rings. The maximum atomic E-state index is 12.3. The summed E-state index contributed by atoms with van der Waals surface area (Å²) in [6.45, 7) is 7.24. The lowest BCUT2D eigenvalue weighted by Crippen LogP contribution is -2.30. The fraction of sp³-hybridized carbons (Fsp3) is 0.263. The van der Waals surface area contributed by atoms with E-state index in [2.05, 4.69) is 5.32 Å². The number of halogens is 1. The number of anilines is 1. The molecule has 0 unspecified atom stereocenters. The normalized spacial score (nSPS) is 11.7. The number of ether oxygens (including phenoxy) is 1. The lowest BCUT2D eigenvalue weighted by atomic mass is 10.0. The molecule has 0 aliphatic carbocycles. The molecule has 1 amide bonds. The standard InChI is InChI=1S/C19H20ClNO4/c1-10-7-11(2)17(12(3)8-10)21-18(23)13(4)25-19(24)15-9-14(20)5-6-16(15)22/h5-9,13,22H,1-4H3,(H,21,23)/t13-/m0/s1. The van der Waals surface area contributed by atoms with Crippen molar-refractivity contribution in [3.63, 3.8) is 0 Å². The van der Waals surface area contributed by atoms with Crippen molar-refractivity contribution in [2.75, 3.05) is 5.32 Å². The van der Waals surface area contributed by atoms with Gasteiger partial charge in [0, 0.05) is 10.7 Å². The summed E-state index contributed by atoms with van der Waals surface area (Å²) >= 11 is 5.82. The van der Waals surface area contributed by atoms with Gasteiger partial charge in [-0.25, -0.2) is 4.79 Å². The Kier molecular flexibility index (Phi) is 5.69. The summed E-state index contributed by atoms with van der Waals surface area (Å²) in [5.41, 5.74) is 3.57. The fourth-order valence-corrected chi connectivity index (χ4v) is 2.72. The van der Waals surface area contributed by atoms with Crippen molar-refractivity contribution >= 4 is 29.2 Å². The van der Waals surface area contributed by atoms with E-state index in [0.29, 0.717) is 5.69 Å². The Labute approximate surface area is 151 Å². The first-order chi connectivity index (χ1) is 11.7. The molecule has 0 aliphatic rings. The number of rotatable bonds is 4. The van der Waals surface area contributed by atoms with Crippen LogP contribution in [-0.4, -0.2) is 23.1 Å². The number of nitrogens with one attached hydrogen (secondary N) is 1. The molecule has 0 heterocycles. The first kappa shape index (κ1) is 18.8. The van der Waals surface area contributed by atoms with Crippen LogP contribution in [0.25, 0.3) is 0 Å². The minimum absolute atomic E-state index is 0.0881. The third-order valence-corrected chi connectivity index (χ3v) is 3.99. The average Bonchev–Trinajstić information content (AvgIpc) is 2.52. The number of hydrogen-bond donors (Lipinski definition) is 2. The topological polar surface area (TPSA) is 75.6 Å². The number of benzene rings is 2. The van der Waals surface area contributed by atoms with E-state index < -0.39 is 18.0 Å². The zero-order chi connectivity index (χ0) is 18.7. The molecule has 0 saturated heterocycles. The molecule has 2 rings (SSSR count). The lowest BCUT2D eigenvalue weighted by Gasteiger charge is -2.17. The van der Waals surface area contributed by atoms with E-state index in [0.717, 1.165) is 16.7 Å². The van der Waals surface area contributed by atoms with E-state index in [-0.39, 0.29) is 16.3 Å². The molecule has 6 heteroatoms. The zero-order valence-electron chi connectivity index (χ0n) is 14.5. The molecular weight excluding hydrogens is 342 g/mol. The minimum atomic E-state index is -1.04. The molecule has 0 spiro atoms. The van der Waals surface area contributed by atoms with E-state index in [9.17, 15) is 14.7 Å². The lowest BCUT2D eigenvalue weighted by molar-refractivity contribution is -0.123. The predicted molar refractivity (Wildman–Crippen MR) is 97.3 cm³/mol. The highest BCUT2D eigenvalue weighted by molar-refractivity contribution is 6.31. The van der Waals surface area contributed by atoms with Gasteiger partial charge in [-0.2, -0.15) is 0 Å². The van der Waals surface area contributed by atoms with E-state index >= 15 is 0 Å². The van der Waals surface area contributed by atoms with Crippen LogP contribution < -0.4 is 5.32 Å². The highest BCUT2D eigenvalue weighted by Gasteiger charge is 2.22. The maximum absolute atomic E-state index is 12.3. The number of aryl methyl sites for hydroxylation is 3. The summed E-state index contributed by atoms with van der Waals surface area (Å²) in [4.78, 5) is 24.5. The number of carbonyl (C=O) groups excluding carboxylic acids is 2. The number of amides is 1. The second-order valence-corrected chi connectivity index (χ2v) is 6.41. The molecule has 2 aromatic carbocycles. The van der Waals surface area contributed by atoms with Crippen LogP contribution in [0, 0.1) is 20.8 Å². The predicted octanol–water partition coefficient (Wildman–Crippen LogP) is 4.15. The summed E-state index contributed by atoms with van der Waals surface area (Å²) in [7, 11) is 0. The van der Waals surface area contributed by atoms with Crippen LogP contribution in [0.1, 0.15) is 34.0 Å². The summed E-state index contributed by atoms with van der Waals surface area (Å²) < 4.78 is 5.14. The molecule has 5 nitrogen and oxygen atoms in total. The Morgan fingerprint density at radius 3 is 2.32 bits per heavy atom. The maximum Gasteiger partial charge on any atom is 0.342 e.